The van der Waals surface area contributed by atoms with E-state index in [0.29, 0.717) is 11.0 Å². The summed E-state index contributed by atoms with van der Waals surface area (Å²) in [6, 6.07) is 7.62. The Morgan fingerprint density at radius 1 is 1.12 bits per heavy atom. The second-order valence-electron chi connectivity index (χ2n) is 3.86. The third kappa shape index (κ3) is 2.56. The first-order chi connectivity index (χ1) is 8.10. The SMILES string of the molecule is COc1cc(C)ccc1-c1nc(C)cc(Cl)n1. The number of aryl methyl sites for hydroxylation is 2. The summed E-state index contributed by atoms with van der Waals surface area (Å²) in [5, 5.41) is 0.440. The zero-order chi connectivity index (χ0) is 12.4. The zero-order valence-corrected chi connectivity index (χ0v) is 10.7. The Bertz CT molecular complexity index is 535. The lowest BCUT2D eigenvalue weighted by molar-refractivity contribution is 0.416. The fourth-order valence-electron chi connectivity index (χ4n) is 1.63. The Morgan fingerprint density at radius 3 is 2.53 bits per heavy atom. The van der Waals surface area contributed by atoms with Gasteiger partial charge >= 0.3 is 0 Å². The Morgan fingerprint density at radius 2 is 1.88 bits per heavy atom. The lowest BCUT2D eigenvalue weighted by Gasteiger charge is -2.09. The van der Waals surface area contributed by atoms with Crippen LogP contribution in [0.25, 0.3) is 11.4 Å². The maximum atomic E-state index is 5.93. The van der Waals surface area contributed by atoms with Gasteiger partial charge in [-0.3, -0.25) is 0 Å². The van der Waals surface area contributed by atoms with Crippen molar-refractivity contribution in [3.63, 3.8) is 0 Å². The van der Waals surface area contributed by atoms with Crippen molar-refractivity contribution < 1.29 is 4.74 Å². The highest BCUT2D eigenvalue weighted by Crippen LogP contribution is 2.29. The van der Waals surface area contributed by atoms with Gasteiger partial charge in [-0.1, -0.05) is 17.7 Å². The van der Waals surface area contributed by atoms with E-state index in [1.54, 1.807) is 13.2 Å². The van der Waals surface area contributed by atoms with Crippen molar-refractivity contribution in [1.82, 2.24) is 9.97 Å². The van der Waals surface area contributed by atoms with E-state index < -0.39 is 0 Å². The number of rotatable bonds is 2. The summed E-state index contributed by atoms with van der Waals surface area (Å²) in [6.45, 7) is 3.90. The smallest absolute Gasteiger partial charge is 0.164 e. The molecule has 17 heavy (non-hydrogen) atoms. The number of nitrogens with zero attached hydrogens (tertiary/aromatic N) is 2. The zero-order valence-electron chi connectivity index (χ0n) is 9.99. The summed E-state index contributed by atoms with van der Waals surface area (Å²) in [6.07, 6.45) is 0. The second kappa shape index (κ2) is 4.72. The molecule has 0 aliphatic rings. The van der Waals surface area contributed by atoms with Crippen molar-refractivity contribution in [2.75, 3.05) is 7.11 Å². The first-order valence-corrected chi connectivity index (χ1v) is 5.64. The van der Waals surface area contributed by atoms with Gasteiger partial charge in [0.25, 0.3) is 0 Å². The molecule has 0 aliphatic carbocycles. The topological polar surface area (TPSA) is 35.0 Å². The van der Waals surface area contributed by atoms with E-state index in [1.807, 2.05) is 32.0 Å². The molecule has 0 fully saturated rings. The molecule has 0 unspecified atom stereocenters. The molecule has 2 aromatic rings. The van der Waals surface area contributed by atoms with Crippen LogP contribution < -0.4 is 4.74 Å². The predicted octanol–water partition coefficient (Wildman–Crippen LogP) is 3.42. The van der Waals surface area contributed by atoms with Gasteiger partial charge < -0.3 is 4.74 Å². The number of hydrogen-bond acceptors (Lipinski definition) is 3. The lowest BCUT2D eigenvalue weighted by atomic mass is 10.1. The average Bonchev–Trinajstić information content (AvgIpc) is 2.27. The van der Waals surface area contributed by atoms with Crippen LogP contribution >= 0.6 is 11.6 Å². The molecule has 88 valence electrons. The van der Waals surface area contributed by atoms with E-state index in [2.05, 4.69) is 9.97 Å². The Kier molecular flexibility index (Phi) is 3.29. The number of halogens is 1. The summed E-state index contributed by atoms with van der Waals surface area (Å²) in [7, 11) is 1.63. The van der Waals surface area contributed by atoms with E-state index in [4.69, 9.17) is 16.3 Å². The van der Waals surface area contributed by atoms with Gasteiger partial charge in [-0.15, -0.1) is 0 Å². The number of methoxy groups -OCH3 is 1. The molecule has 3 nitrogen and oxygen atoms in total. The molecule has 4 heteroatoms. The molecular weight excluding hydrogens is 236 g/mol. The van der Waals surface area contributed by atoms with Crippen LogP contribution in [0.5, 0.6) is 5.75 Å². The minimum atomic E-state index is 0.440. The molecule has 1 aromatic carbocycles. The number of ether oxygens (including phenoxy) is 1. The highest BCUT2D eigenvalue weighted by Gasteiger charge is 2.10. The van der Waals surface area contributed by atoms with E-state index >= 15 is 0 Å². The maximum absolute atomic E-state index is 5.93. The van der Waals surface area contributed by atoms with Crippen LogP contribution in [0, 0.1) is 13.8 Å². The molecule has 0 atom stereocenters. The van der Waals surface area contributed by atoms with Gasteiger partial charge in [0.15, 0.2) is 5.82 Å². The van der Waals surface area contributed by atoms with Gasteiger partial charge in [-0.25, -0.2) is 9.97 Å². The summed E-state index contributed by atoms with van der Waals surface area (Å²) < 4.78 is 5.34. The van der Waals surface area contributed by atoms with Crippen LogP contribution in [0.4, 0.5) is 0 Å². The minimum Gasteiger partial charge on any atom is -0.496 e. The minimum absolute atomic E-state index is 0.440. The molecular formula is C13H13ClN2O. The molecule has 2 rings (SSSR count). The highest BCUT2D eigenvalue weighted by molar-refractivity contribution is 6.29. The summed E-state index contributed by atoms with van der Waals surface area (Å²) in [5.41, 5.74) is 2.82. The lowest BCUT2D eigenvalue weighted by Crippen LogP contribution is -1.95. The third-order valence-corrected chi connectivity index (χ3v) is 2.61. The van der Waals surface area contributed by atoms with Gasteiger partial charge in [-0.05, 0) is 37.6 Å². The molecule has 0 spiro atoms. The molecule has 0 saturated carbocycles. The Balaban J connectivity index is 2.59. The van der Waals surface area contributed by atoms with Gasteiger partial charge in [0, 0.05) is 5.69 Å². The molecule has 0 N–H and O–H groups in total. The van der Waals surface area contributed by atoms with Crippen LogP contribution in [-0.2, 0) is 0 Å². The molecule has 1 heterocycles. The molecule has 0 aliphatic heterocycles. The fraction of sp³-hybridized carbons (Fsp3) is 0.231. The molecule has 0 bridgehead atoms. The van der Waals surface area contributed by atoms with Crippen LogP contribution in [0.15, 0.2) is 24.3 Å². The number of aromatic nitrogens is 2. The van der Waals surface area contributed by atoms with Crippen LogP contribution in [0.2, 0.25) is 5.15 Å². The number of hydrogen-bond donors (Lipinski definition) is 0. The van der Waals surface area contributed by atoms with Crippen molar-refractivity contribution in [1.29, 1.82) is 0 Å². The average molecular weight is 249 g/mol. The van der Waals surface area contributed by atoms with Gasteiger partial charge in [-0.2, -0.15) is 0 Å². The third-order valence-electron chi connectivity index (χ3n) is 2.42. The maximum Gasteiger partial charge on any atom is 0.164 e. The monoisotopic (exact) mass is 248 g/mol. The van der Waals surface area contributed by atoms with Gasteiger partial charge in [0.1, 0.15) is 10.9 Å². The Hall–Kier alpha value is -1.61. The van der Waals surface area contributed by atoms with Crippen LogP contribution in [0.3, 0.4) is 0 Å². The van der Waals surface area contributed by atoms with Crippen LogP contribution in [0.1, 0.15) is 11.3 Å². The first-order valence-electron chi connectivity index (χ1n) is 5.26. The summed E-state index contributed by atoms with van der Waals surface area (Å²) >= 11 is 5.93. The standard InChI is InChI=1S/C13H13ClN2O/c1-8-4-5-10(11(6-8)17-3)13-15-9(2)7-12(14)16-13/h4-7H,1-3H3. The molecule has 0 amide bonds. The fourth-order valence-corrected chi connectivity index (χ4v) is 1.87. The van der Waals surface area contributed by atoms with E-state index in [9.17, 15) is 0 Å². The van der Waals surface area contributed by atoms with E-state index in [0.717, 1.165) is 22.6 Å². The summed E-state index contributed by atoms with van der Waals surface area (Å²) in [4.78, 5) is 8.58. The predicted molar refractivity (Wildman–Crippen MR) is 68.5 cm³/mol. The van der Waals surface area contributed by atoms with Crippen molar-refractivity contribution in [3.05, 3.63) is 40.7 Å². The number of benzene rings is 1. The largest absolute Gasteiger partial charge is 0.496 e. The van der Waals surface area contributed by atoms with Crippen molar-refractivity contribution in [2.45, 2.75) is 13.8 Å². The first kappa shape index (κ1) is 11.9. The highest BCUT2D eigenvalue weighted by atomic mass is 35.5. The molecule has 1 aromatic heterocycles. The summed E-state index contributed by atoms with van der Waals surface area (Å²) in [5.74, 6) is 1.35. The molecule has 0 saturated heterocycles. The van der Waals surface area contributed by atoms with E-state index in [1.165, 1.54) is 0 Å². The van der Waals surface area contributed by atoms with Crippen molar-refractivity contribution in [2.24, 2.45) is 0 Å². The molecule has 0 radical (unpaired) electrons. The quantitative estimate of drug-likeness (QED) is 0.764. The van der Waals surface area contributed by atoms with E-state index in [-0.39, 0.29) is 0 Å². The van der Waals surface area contributed by atoms with Gasteiger partial charge in [0.05, 0.1) is 12.7 Å². The van der Waals surface area contributed by atoms with Crippen molar-refractivity contribution >= 4 is 11.6 Å². The van der Waals surface area contributed by atoms with Crippen molar-refractivity contribution in [3.8, 4) is 17.1 Å². The normalized spacial score (nSPS) is 10.4. The van der Waals surface area contributed by atoms with Gasteiger partial charge in [0.2, 0.25) is 0 Å². The Labute approximate surface area is 105 Å². The second-order valence-corrected chi connectivity index (χ2v) is 4.25. The van der Waals surface area contributed by atoms with Crippen LogP contribution in [-0.4, -0.2) is 17.1 Å².